The first-order valence-corrected chi connectivity index (χ1v) is 6.40. The number of aliphatic hydroxyl groups is 1. The Morgan fingerprint density at radius 3 is 2.94 bits per heavy atom. The third-order valence-electron chi connectivity index (χ3n) is 3.43. The number of hydrogen-bond donors (Lipinski definition) is 2. The molecular weight excluding hydrogens is 252 g/mol. The van der Waals surface area contributed by atoms with Crippen molar-refractivity contribution in [3.05, 3.63) is 28.8 Å². The molecular formula is C13H17ClN2O2. The third-order valence-corrected chi connectivity index (χ3v) is 3.76. The molecule has 1 aromatic carbocycles. The van der Waals surface area contributed by atoms with Crippen molar-refractivity contribution in [2.45, 2.75) is 19.4 Å². The molecule has 1 aromatic rings. The third kappa shape index (κ3) is 2.44. The van der Waals surface area contributed by atoms with Gasteiger partial charge in [0.1, 0.15) is 0 Å². The van der Waals surface area contributed by atoms with E-state index in [1.54, 1.807) is 23.1 Å². The van der Waals surface area contributed by atoms with Crippen LogP contribution in [-0.4, -0.2) is 35.1 Å². The molecule has 0 aliphatic carbocycles. The summed E-state index contributed by atoms with van der Waals surface area (Å²) in [5.74, 6) is -0.0307. The van der Waals surface area contributed by atoms with Gasteiger partial charge in [0.25, 0.3) is 5.91 Å². The van der Waals surface area contributed by atoms with Gasteiger partial charge in [-0.1, -0.05) is 24.6 Å². The molecule has 1 aliphatic heterocycles. The SMILES string of the molecule is CC1CN(C(=O)c2cccc(Cl)c2N)CCC1O. The molecule has 98 valence electrons. The highest BCUT2D eigenvalue weighted by Crippen LogP contribution is 2.25. The van der Waals surface area contributed by atoms with Crippen molar-refractivity contribution in [1.82, 2.24) is 4.90 Å². The molecule has 5 heteroatoms. The Hall–Kier alpha value is -1.26. The number of benzene rings is 1. The highest BCUT2D eigenvalue weighted by Gasteiger charge is 2.28. The number of amides is 1. The molecule has 1 saturated heterocycles. The maximum absolute atomic E-state index is 12.3. The van der Waals surface area contributed by atoms with Gasteiger partial charge in [-0.25, -0.2) is 0 Å². The molecule has 2 unspecified atom stereocenters. The summed E-state index contributed by atoms with van der Waals surface area (Å²) < 4.78 is 0. The number of nitrogens with two attached hydrogens (primary N) is 1. The molecule has 3 N–H and O–H groups in total. The summed E-state index contributed by atoms with van der Waals surface area (Å²) >= 11 is 5.91. The minimum atomic E-state index is -0.328. The van der Waals surface area contributed by atoms with Crippen LogP contribution in [0.15, 0.2) is 18.2 Å². The number of carbonyl (C=O) groups excluding carboxylic acids is 1. The van der Waals surface area contributed by atoms with E-state index in [9.17, 15) is 9.90 Å². The summed E-state index contributed by atoms with van der Waals surface area (Å²) in [5.41, 5.74) is 6.58. The average Bonchev–Trinajstić information content (AvgIpc) is 2.35. The number of anilines is 1. The van der Waals surface area contributed by atoms with Gasteiger partial charge in [-0.2, -0.15) is 0 Å². The molecule has 0 radical (unpaired) electrons. The second kappa shape index (κ2) is 5.16. The maximum Gasteiger partial charge on any atom is 0.256 e. The lowest BCUT2D eigenvalue weighted by atomic mass is 9.96. The van der Waals surface area contributed by atoms with Crippen LogP contribution >= 0.6 is 11.6 Å². The van der Waals surface area contributed by atoms with Crippen molar-refractivity contribution in [2.75, 3.05) is 18.8 Å². The van der Waals surface area contributed by atoms with E-state index in [0.717, 1.165) is 0 Å². The van der Waals surface area contributed by atoms with Crippen LogP contribution < -0.4 is 5.73 Å². The quantitative estimate of drug-likeness (QED) is 0.763. The van der Waals surface area contributed by atoms with Crippen molar-refractivity contribution in [3.63, 3.8) is 0 Å². The molecule has 0 bridgehead atoms. The van der Waals surface area contributed by atoms with E-state index in [4.69, 9.17) is 17.3 Å². The molecule has 0 aromatic heterocycles. The average molecular weight is 269 g/mol. The summed E-state index contributed by atoms with van der Waals surface area (Å²) in [4.78, 5) is 14.1. The van der Waals surface area contributed by atoms with Crippen LogP contribution in [0.25, 0.3) is 0 Å². The van der Waals surface area contributed by atoms with Crippen LogP contribution in [0.5, 0.6) is 0 Å². The highest BCUT2D eigenvalue weighted by molar-refractivity contribution is 6.33. The van der Waals surface area contributed by atoms with Crippen LogP contribution in [0.1, 0.15) is 23.7 Å². The van der Waals surface area contributed by atoms with E-state index in [2.05, 4.69) is 0 Å². The normalized spacial score (nSPS) is 24.1. The van der Waals surface area contributed by atoms with Gasteiger partial charge in [0.15, 0.2) is 0 Å². The molecule has 0 saturated carbocycles. The molecule has 0 spiro atoms. The molecule has 4 nitrogen and oxygen atoms in total. The number of carbonyl (C=O) groups is 1. The predicted octanol–water partition coefficient (Wildman–Crippen LogP) is 1.77. The van der Waals surface area contributed by atoms with Crippen molar-refractivity contribution in [3.8, 4) is 0 Å². The van der Waals surface area contributed by atoms with Gasteiger partial charge < -0.3 is 15.7 Å². The molecule has 1 fully saturated rings. The van der Waals surface area contributed by atoms with E-state index in [0.29, 0.717) is 35.8 Å². The Morgan fingerprint density at radius 2 is 2.28 bits per heavy atom. The van der Waals surface area contributed by atoms with Gasteiger partial charge in [0, 0.05) is 13.1 Å². The zero-order valence-electron chi connectivity index (χ0n) is 10.3. The van der Waals surface area contributed by atoms with Crippen LogP contribution in [0.3, 0.4) is 0 Å². The fraction of sp³-hybridized carbons (Fsp3) is 0.462. The fourth-order valence-electron chi connectivity index (χ4n) is 2.21. The number of aliphatic hydroxyl groups excluding tert-OH is 1. The Bertz CT molecular complexity index is 464. The maximum atomic E-state index is 12.3. The van der Waals surface area contributed by atoms with Gasteiger partial charge in [-0.15, -0.1) is 0 Å². The Morgan fingerprint density at radius 1 is 1.56 bits per heavy atom. The van der Waals surface area contributed by atoms with Crippen molar-refractivity contribution < 1.29 is 9.90 Å². The van der Waals surface area contributed by atoms with Crippen LogP contribution in [-0.2, 0) is 0 Å². The number of hydrogen-bond acceptors (Lipinski definition) is 3. The number of nitrogen functional groups attached to an aromatic ring is 1. The van der Waals surface area contributed by atoms with Crippen LogP contribution in [0, 0.1) is 5.92 Å². The monoisotopic (exact) mass is 268 g/mol. The lowest BCUT2D eigenvalue weighted by Crippen LogP contribution is -2.45. The number of halogens is 1. The van der Waals surface area contributed by atoms with E-state index >= 15 is 0 Å². The largest absolute Gasteiger partial charge is 0.397 e. The molecule has 1 amide bonds. The van der Waals surface area contributed by atoms with Crippen molar-refractivity contribution in [1.29, 1.82) is 0 Å². The van der Waals surface area contributed by atoms with Crippen LogP contribution in [0.2, 0.25) is 5.02 Å². The Labute approximate surface area is 111 Å². The van der Waals surface area contributed by atoms with Gasteiger partial charge in [-0.05, 0) is 24.5 Å². The summed E-state index contributed by atoms with van der Waals surface area (Å²) in [5, 5.41) is 10.1. The van der Waals surface area contributed by atoms with E-state index in [1.165, 1.54) is 0 Å². The number of nitrogens with zero attached hydrogens (tertiary/aromatic N) is 1. The standard InChI is InChI=1S/C13H17ClN2O2/c1-8-7-16(6-5-11(8)17)13(18)9-3-2-4-10(14)12(9)15/h2-4,8,11,17H,5-7,15H2,1H3. The molecule has 1 aliphatic rings. The summed E-state index contributed by atoms with van der Waals surface area (Å²) in [6.07, 6.45) is 0.277. The first kappa shape index (κ1) is 13.2. The lowest BCUT2D eigenvalue weighted by molar-refractivity contribution is 0.0298. The number of likely N-dealkylation sites (tertiary alicyclic amines) is 1. The first-order chi connectivity index (χ1) is 8.50. The fourth-order valence-corrected chi connectivity index (χ4v) is 2.39. The van der Waals surface area contributed by atoms with Gasteiger partial charge in [0.05, 0.1) is 22.4 Å². The van der Waals surface area contributed by atoms with E-state index < -0.39 is 0 Å². The summed E-state index contributed by atoms with van der Waals surface area (Å²) in [7, 11) is 0. The topological polar surface area (TPSA) is 66.6 Å². The lowest BCUT2D eigenvalue weighted by Gasteiger charge is -2.34. The molecule has 2 atom stereocenters. The van der Waals surface area contributed by atoms with Gasteiger partial charge >= 0.3 is 0 Å². The molecule has 2 rings (SSSR count). The second-order valence-electron chi connectivity index (χ2n) is 4.79. The number of rotatable bonds is 1. The Balaban J connectivity index is 2.19. The van der Waals surface area contributed by atoms with E-state index in [1.807, 2.05) is 6.92 Å². The first-order valence-electron chi connectivity index (χ1n) is 6.02. The van der Waals surface area contributed by atoms with Crippen molar-refractivity contribution >= 4 is 23.2 Å². The Kier molecular flexibility index (Phi) is 3.78. The number of piperidine rings is 1. The minimum Gasteiger partial charge on any atom is -0.397 e. The number of para-hydroxylation sites is 1. The van der Waals surface area contributed by atoms with Crippen LogP contribution in [0.4, 0.5) is 5.69 Å². The summed E-state index contributed by atoms with van der Waals surface area (Å²) in [6, 6.07) is 5.06. The van der Waals surface area contributed by atoms with Crippen molar-refractivity contribution in [2.24, 2.45) is 5.92 Å². The summed E-state index contributed by atoms with van der Waals surface area (Å²) in [6.45, 7) is 3.04. The zero-order chi connectivity index (χ0) is 13.3. The zero-order valence-corrected chi connectivity index (χ0v) is 11.0. The van der Waals surface area contributed by atoms with Gasteiger partial charge in [0.2, 0.25) is 0 Å². The van der Waals surface area contributed by atoms with Gasteiger partial charge in [-0.3, -0.25) is 4.79 Å². The second-order valence-corrected chi connectivity index (χ2v) is 5.19. The molecule has 1 heterocycles. The molecule has 18 heavy (non-hydrogen) atoms. The minimum absolute atomic E-state index is 0.0862. The van der Waals surface area contributed by atoms with E-state index in [-0.39, 0.29) is 17.9 Å². The predicted molar refractivity (Wildman–Crippen MR) is 71.6 cm³/mol. The smallest absolute Gasteiger partial charge is 0.256 e. The highest BCUT2D eigenvalue weighted by atomic mass is 35.5.